The van der Waals surface area contributed by atoms with Crippen molar-refractivity contribution in [2.24, 2.45) is 23.2 Å². The summed E-state index contributed by atoms with van der Waals surface area (Å²) in [7, 11) is 2.88. The van der Waals surface area contributed by atoms with Gasteiger partial charge in [0.15, 0.2) is 0 Å². The zero-order valence-corrected chi connectivity index (χ0v) is 12.0. The molecule has 0 radical (unpaired) electrons. The van der Waals surface area contributed by atoms with Gasteiger partial charge in [-0.2, -0.15) is 0 Å². The molecule has 1 aliphatic carbocycles. The highest BCUT2D eigenvalue weighted by atomic mass is 16.5. The molecule has 6 heteroatoms. The van der Waals surface area contributed by atoms with Gasteiger partial charge < -0.3 is 14.7 Å². The SMILES string of the molecule is COC(=O)C(C)CN(C)C(=O)[C@H]1[C@@H](C(=O)O)C1(C)C. The van der Waals surface area contributed by atoms with E-state index in [-0.39, 0.29) is 18.4 Å². The average molecular weight is 271 g/mol. The molecular weight excluding hydrogens is 250 g/mol. The second kappa shape index (κ2) is 5.19. The van der Waals surface area contributed by atoms with Crippen molar-refractivity contribution in [1.82, 2.24) is 4.90 Å². The number of esters is 1. The molecule has 6 nitrogen and oxygen atoms in total. The van der Waals surface area contributed by atoms with Crippen LogP contribution >= 0.6 is 0 Å². The van der Waals surface area contributed by atoms with Crippen molar-refractivity contribution in [1.29, 1.82) is 0 Å². The van der Waals surface area contributed by atoms with E-state index in [2.05, 4.69) is 4.74 Å². The lowest BCUT2D eigenvalue weighted by Crippen LogP contribution is -2.36. The number of methoxy groups -OCH3 is 1. The number of ether oxygens (including phenoxy) is 1. The van der Waals surface area contributed by atoms with Crippen LogP contribution in [0.15, 0.2) is 0 Å². The smallest absolute Gasteiger partial charge is 0.310 e. The predicted molar refractivity (Wildman–Crippen MR) is 67.2 cm³/mol. The highest BCUT2D eigenvalue weighted by molar-refractivity contribution is 5.91. The molecule has 1 rings (SSSR count). The third-order valence-electron chi connectivity index (χ3n) is 3.89. The minimum Gasteiger partial charge on any atom is -0.481 e. The minimum atomic E-state index is -0.947. The van der Waals surface area contributed by atoms with Gasteiger partial charge in [0, 0.05) is 13.6 Å². The number of carbonyl (C=O) groups excluding carboxylic acids is 2. The number of hydrogen-bond acceptors (Lipinski definition) is 4. The van der Waals surface area contributed by atoms with Crippen molar-refractivity contribution >= 4 is 17.8 Å². The molecule has 1 aliphatic rings. The largest absolute Gasteiger partial charge is 0.481 e. The summed E-state index contributed by atoms with van der Waals surface area (Å²) in [5, 5.41) is 9.05. The van der Waals surface area contributed by atoms with Crippen LogP contribution in [0.3, 0.4) is 0 Å². The van der Waals surface area contributed by atoms with Crippen LogP contribution in [0.1, 0.15) is 20.8 Å². The van der Waals surface area contributed by atoms with Crippen molar-refractivity contribution in [2.75, 3.05) is 20.7 Å². The monoisotopic (exact) mass is 271 g/mol. The number of carboxylic acids is 1. The maximum Gasteiger partial charge on any atom is 0.310 e. The van der Waals surface area contributed by atoms with Crippen LogP contribution < -0.4 is 0 Å². The van der Waals surface area contributed by atoms with E-state index in [0.29, 0.717) is 0 Å². The number of nitrogens with zero attached hydrogens (tertiary/aromatic N) is 1. The minimum absolute atomic E-state index is 0.227. The summed E-state index contributed by atoms with van der Waals surface area (Å²) in [5.74, 6) is -3.14. The molecule has 0 aliphatic heterocycles. The Morgan fingerprint density at radius 1 is 1.32 bits per heavy atom. The van der Waals surface area contributed by atoms with Crippen LogP contribution in [0.5, 0.6) is 0 Å². The summed E-state index contributed by atoms with van der Waals surface area (Å²) in [5.41, 5.74) is -0.522. The molecule has 0 spiro atoms. The zero-order valence-electron chi connectivity index (χ0n) is 12.0. The van der Waals surface area contributed by atoms with Gasteiger partial charge in [0.1, 0.15) is 0 Å². The molecule has 0 saturated heterocycles. The van der Waals surface area contributed by atoms with Crippen molar-refractivity contribution < 1.29 is 24.2 Å². The summed E-state index contributed by atoms with van der Waals surface area (Å²) in [6.45, 7) is 5.44. The van der Waals surface area contributed by atoms with Crippen LogP contribution in [0.25, 0.3) is 0 Å². The number of rotatable bonds is 5. The number of carboxylic acid groups (broad SMARTS) is 1. The first-order valence-corrected chi connectivity index (χ1v) is 6.20. The Kier molecular flexibility index (Phi) is 4.22. The van der Waals surface area contributed by atoms with Crippen molar-refractivity contribution in [2.45, 2.75) is 20.8 Å². The zero-order chi connectivity index (χ0) is 15.0. The van der Waals surface area contributed by atoms with Crippen LogP contribution in [-0.4, -0.2) is 48.6 Å². The number of carbonyl (C=O) groups is 3. The Morgan fingerprint density at radius 2 is 1.84 bits per heavy atom. The van der Waals surface area contributed by atoms with E-state index in [1.807, 2.05) is 0 Å². The fourth-order valence-electron chi connectivity index (χ4n) is 2.57. The van der Waals surface area contributed by atoms with Crippen LogP contribution in [0.2, 0.25) is 0 Å². The van der Waals surface area contributed by atoms with Crippen molar-refractivity contribution in [3.05, 3.63) is 0 Å². The van der Waals surface area contributed by atoms with Gasteiger partial charge >= 0.3 is 11.9 Å². The molecule has 0 aromatic heterocycles. The normalized spacial score (nSPS) is 25.3. The van der Waals surface area contributed by atoms with Gasteiger partial charge in [-0.3, -0.25) is 14.4 Å². The Labute approximate surface area is 112 Å². The molecule has 1 unspecified atom stereocenters. The molecule has 0 aromatic carbocycles. The van der Waals surface area contributed by atoms with Gasteiger partial charge in [-0.1, -0.05) is 20.8 Å². The number of aliphatic carboxylic acids is 1. The first-order valence-electron chi connectivity index (χ1n) is 6.20. The number of hydrogen-bond donors (Lipinski definition) is 1. The fraction of sp³-hybridized carbons (Fsp3) is 0.769. The third kappa shape index (κ3) is 2.88. The van der Waals surface area contributed by atoms with Crippen molar-refractivity contribution in [3.63, 3.8) is 0 Å². The Balaban J connectivity index is 2.65. The van der Waals surface area contributed by atoms with Crippen LogP contribution in [0.4, 0.5) is 0 Å². The van der Waals surface area contributed by atoms with E-state index < -0.39 is 29.1 Å². The first-order chi connectivity index (χ1) is 8.64. The molecule has 19 heavy (non-hydrogen) atoms. The van der Waals surface area contributed by atoms with E-state index >= 15 is 0 Å². The summed E-state index contributed by atoms with van der Waals surface area (Å²) in [6, 6.07) is 0. The van der Waals surface area contributed by atoms with Crippen LogP contribution in [-0.2, 0) is 19.1 Å². The molecule has 0 heterocycles. The van der Waals surface area contributed by atoms with Crippen molar-refractivity contribution in [3.8, 4) is 0 Å². The van der Waals surface area contributed by atoms with Gasteiger partial charge in [-0.05, 0) is 5.41 Å². The molecule has 0 bridgehead atoms. The summed E-state index contributed by atoms with van der Waals surface area (Å²) >= 11 is 0. The molecule has 1 fully saturated rings. The highest BCUT2D eigenvalue weighted by Crippen LogP contribution is 2.58. The topological polar surface area (TPSA) is 83.9 Å². The molecule has 1 saturated carbocycles. The lowest BCUT2D eigenvalue weighted by Gasteiger charge is -2.21. The lowest BCUT2D eigenvalue weighted by molar-refractivity contribution is -0.147. The fourth-order valence-corrected chi connectivity index (χ4v) is 2.57. The second-order valence-corrected chi connectivity index (χ2v) is 5.76. The Hall–Kier alpha value is -1.59. The standard InChI is InChI=1S/C13H21NO5/c1-7(12(18)19-5)6-14(4)10(15)8-9(11(16)17)13(8,2)3/h7-9H,6H2,1-5H3,(H,16,17)/t7?,8-,9+/m1/s1. The maximum atomic E-state index is 12.2. The molecule has 1 N–H and O–H groups in total. The summed E-state index contributed by atoms with van der Waals surface area (Å²) in [4.78, 5) is 36.0. The maximum absolute atomic E-state index is 12.2. The second-order valence-electron chi connectivity index (χ2n) is 5.76. The quantitative estimate of drug-likeness (QED) is 0.741. The van der Waals surface area contributed by atoms with Crippen LogP contribution in [0, 0.1) is 23.2 Å². The molecule has 3 atom stereocenters. The molecule has 1 amide bonds. The van der Waals surface area contributed by atoms with Gasteiger partial charge in [-0.15, -0.1) is 0 Å². The summed E-state index contributed by atoms with van der Waals surface area (Å²) in [6.07, 6.45) is 0. The Morgan fingerprint density at radius 3 is 2.21 bits per heavy atom. The summed E-state index contributed by atoms with van der Waals surface area (Å²) < 4.78 is 4.60. The lowest BCUT2D eigenvalue weighted by atomic mass is 10.1. The Bertz CT molecular complexity index is 404. The molecule has 108 valence electrons. The molecule has 0 aromatic rings. The average Bonchev–Trinajstić information content (AvgIpc) is 2.90. The van der Waals surface area contributed by atoms with E-state index in [1.165, 1.54) is 12.0 Å². The van der Waals surface area contributed by atoms with E-state index in [4.69, 9.17) is 5.11 Å². The van der Waals surface area contributed by atoms with E-state index in [0.717, 1.165) is 0 Å². The third-order valence-corrected chi connectivity index (χ3v) is 3.89. The van der Waals surface area contributed by atoms with Gasteiger partial charge in [0.2, 0.25) is 5.91 Å². The predicted octanol–water partition coefficient (Wildman–Crippen LogP) is 0.611. The van der Waals surface area contributed by atoms with Gasteiger partial charge in [0.25, 0.3) is 0 Å². The number of amides is 1. The highest BCUT2D eigenvalue weighted by Gasteiger charge is 2.66. The van der Waals surface area contributed by atoms with Gasteiger partial charge in [0.05, 0.1) is 24.9 Å². The van der Waals surface area contributed by atoms with E-state index in [9.17, 15) is 14.4 Å². The first kappa shape index (κ1) is 15.5. The van der Waals surface area contributed by atoms with Gasteiger partial charge in [-0.25, -0.2) is 0 Å². The molecular formula is C13H21NO5. The van der Waals surface area contributed by atoms with E-state index in [1.54, 1.807) is 27.8 Å².